The molecule has 0 saturated carbocycles. The van der Waals surface area contributed by atoms with E-state index < -0.39 is 33.7 Å². The number of nitro benzene ring substituents is 1. The molecule has 0 aliphatic rings. The van der Waals surface area contributed by atoms with E-state index in [2.05, 4.69) is 0 Å². The Labute approximate surface area is 113 Å². The topological polar surface area (TPSA) is 83.7 Å². The maximum Gasteiger partial charge on any atom is 0.308 e. The lowest BCUT2D eigenvalue weighted by Gasteiger charge is -2.26. The number of rotatable bonds is 5. The summed E-state index contributed by atoms with van der Waals surface area (Å²) < 4.78 is 27.2. The number of hydrogen-bond donors (Lipinski definition) is 1. The lowest BCUT2D eigenvalue weighted by Crippen LogP contribution is -2.39. The Hall–Kier alpha value is -2.09. The molecular formula is C12H14F2N2O4. The van der Waals surface area contributed by atoms with Crippen molar-refractivity contribution in [2.75, 3.05) is 13.2 Å². The number of nitrogens with zero attached hydrogens (tertiary/aromatic N) is 2. The number of hydrogen-bond acceptors (Lipinski definition) is 4. The Bertz CT molecular complexity index is 534. The molecule has 8 heteroatoms. The second-order valence-electron chi connectivity index (χ2n) is 4.36. The molecule has 1 amide bonds. The average Bonchev–Trinajstić information content (AvgIpc) is 2.36. The summed E-state index contributed by atoms with van der Waals surface area (Å²) in [6, 6.07) is 0.645. The van der Waals surface area contributed by atoms with Gasteiger partial charge in [0, 0.05) is 12.6 Å². The third-order valence-electron chi connectivity index (χ3n) is 2.67. The van der Waals surface area contributed by atoms with Crippen LogP contribution in [0.4, 0.5) is 14.5 Å². The van der Waals surface area contributed by atoms with Crippen molar-refractivity contribution in [1.29, 1.82) is 0 Å². The van der Waals surface area contributed by atoms with Crippen molar-refractivity contribution in [1.82, 2.24) is 4.90 Å². The minimum absolute atomic E-state index is 0.0831. The summed E-state index contributed by atoms with van der Waals surface area (Å²) in [5, 5.41) is 19.5. The lowest BCUT2D eigenvalue weighted by molar-refractivity contribution is -0.387. The third kappa shape index (κ3) is 3.27. The highest BCUT2D eigenvalue weighted by Crippen LogP contribution is 2.24. The number of halogens is 2. The van der Waals surface area contributed by atoms with Gasteiger partial charge < -0.3 is 10.0 Å². The van der Waals surface area contributed by atoms with E-state index >= 15 is 0 Å². The van der Waals surface area contributed by atoms with Crippen LogP contribution in [0, 0.1) is 21.7 Å². The molecule has 0 bridgehead atoms. The van der Waals surface area contributed by atoms with Gasteiger partial charge in [0.2, 0.25) is 5.82 Å². The standard InChI is InChI=1S/C12H14F2N2O4/c1-7(2)15(3-4-17)12(18)9-5-8(13)6-10(11(9)14)16(19)20/h5-7,17H,3-4H2,1-2H3. The fraction of sp³-hybridized carbons (Fsp3) is 0.417. The normalized spacial score (nSPS) is 10.7. The van der Waals surface area contributed by atoms with Gasteiger partial charge in [-0.05, 0) is 19.9 Å². The highest BCUT2D eigenvalue weighted by molar-refractivity contribution is 5.95. The van der Waals surface area contributed by atoms with E-state index in [0.717, 1.165) is 4.90 Å². The molecule has 0 fully saturated rings. The van der Waals surface area contributed by atoms with Crippen LogP contribution >= 0.6 is 0 Å². The average molecular weight is 288 g/mol. The maximum atomic E-state index is 13.9. The molecule has 0 aliphatic heterocycles. The summed E-state index contributed by atoms with van der Waals surface area (Å²) in [6.45, 7) is 2.81. The van der Waals surface area contributed by atoms with Crippen molar-refractivity contribution in [2.24, 2.45) is 0 Å². The molecule has 0 aliphatic carbocycles. The molecule has 1 aromatic carbocycles. The zero-order chi connectivity index (χ0) is 15.4. The third-order valence-corrected chi connectivity index (χ3v) is 2.67. The minimum atomic E-state index is -1.38. The molecule has 0 aromatic heterocycles. The predicted molar refractivity (Wildman–Crippen MR) is 66.3 cm³/mol. The number of aliphatic hydroxyl groups excluding tert-OH is 1. The second kappa shape index (κ2) is 6.38. The summed E-state index contributed by atoms with van der Waals surface area (Å²) in [7, 11) is 0. The van der Waals surface area contributed by atoms with Crippen LogP contribution in [0.15, 0.2) is 12.1 Å². The first-order chi connectivity index (χ1) is 9.29. The van der Waals surface area contributed by atoms with Crippen molar-refractivity contribution in [2.45, 2.75) is 19.9 Å². The summed E-state index contributed by atoms with van der Waals surface area (Å²) in [5.74, 6) is -3.37. The molecule has 0 heterocycles. The Morgan fingerprint density at radius 1 is 1.45 bits per heavy atom. The van der Waals surface area contributed by atoms with Gasteiger partial charge in [-0.3, -0.25) is 14.9 Å². The quantitative estimate of drug-likeness (QED) is 0.660. The van der Waals surface area contributed by atoms with Crippen molar-refractivity contribution < 1.29 is 23.6 Å². The smallest absolute Gasteiger partial charge is 0.308 e. The zero-order valence-corrected chi connectivity index (χ0v) is 11.0. The van der Waals surface area contributed by atoms with Crippen LogP contribution in [-0.4, -0.2) is 40.0 Å². The first kappa shape index (κ1) is 16.0. The van der Waals surface area contributed by atoms with Crippen molar-refractivity contribution >= 4 is 11.6 Å². The number of benzene rings is 1. The van der Waals surface area contributed by atoms with Crippen molar-refractivity contribution in [3.63, 3.8) is 0 Å². The summed E-state index contributed by atoms with van der Waals surface area (Å²) >= 11 is 0. The zero-order valence-electron chi connectivity index (χ0n) is 11.0. The van der Waals surface area contributed by atoms with Crippen LogP contribution in [0.1, 0.15) is 24.2 Å². The van der Waals surface area contributed by atoms with E-state index in [1.807, 2.05) is 0 Å². The van der Waals surface area contributed by atoms with Gasteiger partial charge in [0.25, 0.3) is 5.91 Å². The SMILES string of the molecule is CC(C)N(CCO)C(=O)c1cc(F)cc([N+](=O)[O-])c1F. The van der Waals surface area contributed by atoms with Crippen LogP contribution < -0.4 is 0 Å². The van der Waals surface area contributed by atoms with Gasteiger partial charge in [-0.25, -0.2) is 4.39 Å². The highest BCUT2D eigenvalue weighted by Gasteiger charge is 2.28. The molecule has 0 spiro atoms. The molecule has 110 valence electrons. The molecule has 1 rings (SSSR count). The summed E-state index contributed by atoms with van der Waals surface area (Å²) in [4.78, 5) is 22.7. The molecule has 0 atom stereocenters. The molecule has 20 heavy (non-hydrogen) atoms. The van der Waals surface area contributed by atoms with Crippen LogP contribution in [0.25, 0.3) is 0 Å². The summed E-state index contributed by atoms with van der Waals surface area (Å²) in [5.41, 5.74) is -1.82. The van der Waals surface area contributed by atoms with Gasteiger partial charge in [0.05, 0.1) is 23.2 Å². The molecule has 6 nitrogen and oxygen atoms in total. The van der Waals surface area contributed by atoms with Gasteiger partial charge in [0.1, 0.15) is 5.82 Å². The fourth-order valence-corrected chi connectivity index (χ4v) is 1.72. The minimum Gasteiger partial charge on any atom is -0.395 e. The number of nitro groups is 1. The first-order valence-corrected chi connectivity index (χ1v) is 5.84. The summed E-state index contributed by atoms with van der Waals surface area (Å²) in [6.07, 6.45) is 0. The maximum absolute atomic E-state index is 13.9. The monoisotopic (exact) mass is 288 g/mol. The fourth-order valence-electron chi connectivity index (χ4n) is 1.72. The van der Waals surface area contributed by atoms with Gasteiger partial charge in [-0.15, -0.1) is 0 Å². The van der Waals surface area contributed by atoms with E-state index in [1.165, 1.54) is 0 Å². The Kier molecular flexibility index (Phi) is 5.09. The van der Waals surface area contributed by atoms with E-state index in [9.17, 15) is 23.7 Å². The highest BCUT2D eigenvalue weighted by atomic mass is 19.1. The molecule has 0 radical (unpaired) electrons. The van der Waals surface area contributed by atoms with Crippen LogP contribution in [0.3, 0.4) is 0 Å². The van der Waals surface area contributed by atoms with Crippen LogP contribution in [-0.2, 0) is 0 Å². The number of carbonyl (C=O) groups is 1. The Morgan fingerprint density at radius 3 is 2.50 bits per heavy atom. The van der Waals surface area contributed by atoms with Crippen molar-refractivity contribution in [3.05, 3.63) is 39.4 Å². The van der Waals surface area contributed by atoms with Gasteiger partial charge in [-0.2, -0.15) is 4.39 Å². The van der Waals surface area contributed by atoms with E-state index in [-0.39, 0.29) is 19.2 Å². The molecule has 1 aromatic rings. The molecular weight excluding hydrogens is 274 g/mol. The van der Waals surface area contributed by atoms with E-state index in [4.69, 9.17) is 5.11 Å². The van der Waals surface area contributed by atoms with Gasteiger partial charge in [-0.1, -0.05) is 0 Å². The van der Waals surface area contributed by atoms with E-state index in [0.29, 0.717) is 12.1 Å². The number of carbonyl (C=O) groups excluding carboxylic acids is 1. The Balaban J connectivity index is 3.31. The molecule has 0 saturated heterocycles. The van der Waals surface area contributed by atoms with E-state index in [1.54, 1.807) is 13.8 Å². The van der Waals surface area contributed by atoms with Gasteiger partial charge >= 0.3 is 5.69 Å². The first-order valence-electron chi connectivity index (χ1n) is 5.84. The van der Waals surface area contributed by atoms with Gasteiger partial charge in [0.15, 0.2) is 0 Å². The second-order valence-corrected chi connectivity index (χ2v) is 4.36. The van der Waals surface area contributed by atoms with Crippen LogP contribution in [0.5, 0.6) is 0 Å². The largest absolute Gasteiger partial charge is 0.395 e. The lowest BCUT2D eigenvalue weighted by atomic mass is 10.1. The van der Waals surface area contributed by atoms with Crippen molar-refractivity contribution in [3.8, 4) is 0 Å². The van der Waals surface area contributed by atoms with Crippen LogP contribution in [0.2, 0.25) is 0 Å². The number of amides is 1. The Morgan fingerprint density at radius 2 is 2.05 bits per heavy atom. The molecule has 0 unspecified atom stereocenters. The molecule has 1 N–H and O–H groups in total. The number of aliphatic hydroxyl groups is 1. The predicted octanol–water partition coefficient (Wildman–Crippen LogP) is 1.72.